The molecule has 2 aromatic rings. The molecule has 0 amide bonds. The van der Waals surface area contributed by atoms with E-state index in [9.17, 15) is 15.0 Å². The fraction of sp³-hybridized carbons (Fsp3) is 0.235. The Morgan fingerprint density at radius 2 is 1.87 bits per heavy atom. The second kappa shape index (κ2) is 5.48. The van der Waals surface area contributed by atoms with Gasteiger partial charge >= 0.3 is 0 Å². The molecule has 6 heteroatoms. The third-order valence-corrected chi connectivity index (χ3v) is 3.73. The van der Waals surface area contributed by atoms with Crippen LogP contribution in [0.15, 0.2) is 24.3 Å². The first-order valence-electron chi connectivity index (χ1n) is 6.95. The van der Waals surface area contributed by atoms with E-state index in [1.54, 1.807) is 13.0 Å². The summed E-state index contributed by atoms with van der Waals surface area (Å²) in [6.45, 7) is 1.78. The fourth-order valence-corrected chi connectivity index (χ4v) is 2.74. The largest absolute Gasteiger partial charge is 0.508 e. The summed E-state index contributed by atoms with van der Waals surface area (Å²) >= 11 is 0. The molecule has 3 rings (SSSR count). The molecule has 23 heavy (non-hydrogen) atoms. The Labute approximate surface area is 132 Å². The Kier molecular flexibility index (Phi) is 3.61. The van der Waals surface area contributed by atoms with Gasteiger partial charge in [0.15, 0.2) is 0 Å². The van der Waals surface area contributed by atoms with Crippen molar-refractivity contribution >= 4 is 5.78 Å². The Balaban J connectivity index is 2.34. The summed E-state index contributed by atoms with van der Waals surface area (Å²) < 4.78 is 16.4. The topological polar surface area (TPSA) is 85.2 Å². The van der Waals surface area contributed by atoms with Crippen LogP contribution >= 0.6 is 0 Å². The first-order valence-corrected chi connectivity index (χ1v) is 6.95. The summed E-state index contributed by atoms with van der Waals surface area (Å²) in [7, 11) is 2.86. The molecule has 0 aromatic heterocycles. The van der Waals surface area contributed by atoms with E-state index in [4.69, 9.17) is 14.2 Å². The van der Waals surface area contributed by atoms with Crippen molar-refractivity contribution in [2.24, 2.45) is 0 Å². The van der Waals surface area contributed by atoms with Crippen LogP contribution < -0.4 is 9.47 Å². The standard InChI is InChI=1S/C17H16O6/c1-8-4-11(19)15-13(5-8)23-17(22-3)14-10(16(15)20)6-9(18)7-12(14)21-2/h4-7,17-19H,1-3H3/t17-/m0/s1. The zero-order valence-electron chi connectivity index (χ0n) is 12.9. The number of phenols is 2. The molecule has 0 spiro atoms. The fourth-order valence-electron chi connectivity index (χ4n) is 2.74. The molecule has 0 radical (unpaired) electrons. The molecule has 0 fully saturated rings. The van der Waals surface area contributed by atoms with Gasteiger partial charge in [0.2, 0.25) is 12.1 Å². The summed E-state index contributed by atoms with van der Waals surface area (Å²) in [5, 5.41) is 20.0. The van der Waals surface area contributed by atoms with E-state index in [2.05, 4.69) is 0 Å². The minimum atomic E-state index is -0.910. The maximum absolute atomic E-state index is 12.9. The molecule has 1 aliphatic heterocycles. The van der Waals surface area contributed by atoms with Crippen LogP contribution in [0.3, 0.4) is 0 Å². The Morgan fingerprint density at radius 1 is 1.13 bits per heavy atom. The Bertz CT molecular complexity index is 796. The molecular formula is C17H16O6. The molecule has 1 heterocycles. The van der Waals surface area contributed by atoms with Crippen molar-refractivity contribution < 1.29 is 29.2 Å². The van der Waals surface area contributed by atoms with Crippen molar-refractivity contribution in [2.45, 2.75) is 13.2 Å². The predicted octanol–water partition coefficient (Wildman–Crippen LogP) is 2.68. The van der Waals surface area contributed by atoms with E-state index >= 15 is 0 Å². The van der Waals surface area contributed by atoms with Crippen molar-refractivity contribution in [3.63, 3.8) is 0 Å². The van der Waals surface area contributed by atoms with Gasteiger partial charge < -0.3 is 24.4 Å². The van der Waals surface area contributed by atoms with Crippen LogP contribution in [-0.2, 0) is 4.74 Å². The highest BCUT2D eigenvalue weighted by Gasteiger charge is 2.34. The number of hydrogen-bond acceptors (Lipinski definition) is 6. The van der Waals surface area contributed by atoms with Gasteiger partial charge in [-0.15, -0.1) is 0 Å². The molecule has 0 saturated heterocycles. The second-order valence-corrected chi connectivity index (χ2v) is 5.28. The first-order chi connectivity index (χ1) is 11.0. The smallest absolute Gasteiger partial charge is 0.230 e. The molecular weight excluding hydrogens is 300 g/mol. The molecule has 120 valence electrons. The lowest BCUT2D eigenvalue weighted by molar-refractivity contribution is -0.0571. The van der Waals surface area contributed by atoms with Crippen LogP contribution in [0.5, 0.6) is 23.0 Å². The molecule has 0 bridgehead atoms. The monoisotopic (exact) mass is 316 g/mol. The lowest BCUT2D eigenvalue weighted by Gasteiger charge is -2.20. The third kappa shape index (κ3) is 2.37. The van der Waals surface area contributed by atoms with Crippen molar-refractivity contribution in [1.82, 2.24) is 0 Å². The number of ketones is 1. The summed E-state index contributed by atoms with van der Waals surface area (Å²) in [4.78, 5) is 12.9. The molecule has 2 aromatic carbocycles. The number of phenolic OH excluding ortho intramolecular Hbond substituents is 2. The molecule has 0 unspecified atom stereocenters. The van der Waals surface area contributed by atoms with Gasteiger partial charge in [-0.2, -0.15) is 0 Å². The number of carbonyl (C=O) groups is 1. The summed E-state index contributed by atoms with van der Waals surface area (Å²) in [6, 6.07) is 5.82. The van der Waals surface area contributed by atoms with Crippen LogP contribution in [0.2, 0.25) is 0 Å². The number of rotatable bonds is 2. The Morgan fingerprint density at radius 3 is 2.52 bits per heavy atom. The Hall–Kier alpha value is -2.73. The van der Waals surface area contributed by atoms with Crippen molar-refractivity contribution in [1.29, 1.82) is 0 Å². The van der Waals surface area contributed by atoms with E-state index in [1.165, 1.54) is 32.4 Å². The van der Waals surface area contributed by atoms with Crippen LogP contribution in [0.25, 0.3) is 0 Å². The highest BCUT2D eigenvalue weighted by Crippen LogP contribution is 2.43. The zero-order valence-corrected chi connectivity index (χ0v) is 12.9. The molecule has 1 aliphatic rings. The zero-order chi connectivity index (χ0) is 16.7. The van der Waals surface area contributed by atoms with Gasteiger partial charge in [0.1, 0.15) is 28.6 Å². The summed E-state index contributed by atoms with van der Waals surface area (Å²) in [5.41, 5.74) is 1.30. The molecule has 0 saturated carbocycles. The molecule has 1 atom stereocenters. The summed E-state index contributed by atoms with van der Waals surface area (Å²) in [5.74, 6) is -0.295. The van der Waals surface area contributed by atoms with Gasteiger partial charge in [0, 0.05) is 18.7 Å². The molecule has 0 aliphatic carbocycles. The van der Waals surface area contributed by atoms with Crippen LogP contribution in [-0.4, -0.2) is 30.2 Å². The average molecular weight is 316 g/mol. The van der Waals surface area contributed by atoms with Crippen molar-refractivity contribution in [2.75, 3.05) is 14.2 Å². The van der Waals surface area contributed by atoms with Gasteiger partial charge in [0.05, 0.1) is 12.7 Å². The number of aryl methyl sites for hydroxylation is 1. The number of methoxy groups -OCH3 is 2. The number of aromatic hydroxyl groups is 2. The normalized spacial score (nSPS) is 16.1. The SMILES string of the molecule is COc1cc(O)cc2c1[C@@H](OC)Oc1cc(C)cc(O)c1C2=O. The maximum Gasteiger partial charge on any atom is 0.230 e. The van der Waals surface area contributed by atoms with Crippen LogP contribution in [0.4, 0.5) is 0 Å². The van der Waals surface area contributed by atoms with Gasteiger partial charge in [0.25, 0.3) is 0 Å². The maximum atomic E-state index is 12.9. The molecule has 6 nitrogen and oxygen atoms in total. The lowest BCUT2D eigenvalue weighted by atomic mass is 9.96. The number of carbonyl (C=O) groups excluding carboxylic acids is 1. The minimum Gasteiger partial charge on any atom is -0.508 e. The highest BCUT2D eigenvalue weighted by atomic mass is 16.7. The predicted molar refractivity (Wildman–Crippen MR) is 81.3 cm³/mol. The number of fused-ring (bicyclic) bond motifs is 2. The van der Waals surface area contributed by atoms with Crippen LogP contribution in [0, 0.1) is 6.92 Å². The minimum absolute atomic E-state index is 0.0315. The van der Waals surface area contributed by atoms with Gasteiger partial charge in [-0.1, -0.05) is 0 Å². The van der Waals surface area contributed by atoms with E-state index in [-0.39, 0.29) is 34.1 Å². The number of benzene rings is 2. The average Bonchev–Trinajstić information content (AvgIpc) is 2.61. The van der Waals surface area contributed by atoms with Gasteiger partial charge in [-0.25, -0.2) is 0 Å². The first kappa shape index (κ1) is 15.2. The molecule has 2 N–H and O–H groups in total. The van der Waals surface area contributed by atoms with Crippen LogP contribution in [0.1, 0.15) is 33.3 Å². The third-order valence-electron chi connectivity index (χ3n) is 3.73. The highest BCUT2D eigenvalue weighted by molar-refractivity contribution is 6.14. The van der Waals surface area contributed by atoms with Gasteiger partial charge in [-0.3, -0.25) is 4.79 Å². The van der Waals surface area contributed by atoms with E-state index in [1.807, 2.05) is 0 Å². The van der Waals surface area contributed by atoms with E-state index in [0.717, 1.165) is 5.56 Å². The second-order valence-electron chi connectivity index (χ2n) is 5.28. The number of ether oxygens (including phenoxy) is 3. The van der Waals surface area contributed by atoms with E-state index < -0.39 is 12.1 Å². The van der Waals surface area contributed by atoms with E-state index in [0.29, 0.717) is 5.56 Å². The van der Waals surface area contributed by atoms with Crippen molar-refractivity contribution in [3.05, 3.63) is 46.5 Å². The number of hydrogen-bond donors (Lipinski definition) is 2. The van der Waals surface area contributed by atoms with Gasteiger partial charge in [-0.05, 0) is 30.7 Å². The lowest BCUT2D eigenvalue weighted by Crippen LogP contribution is -2.12. The summed E-state index contributed by atoms with van der Waals surface area (Å²) in [6.07, 6.45) is -0.910. The quantitative estimate of drug-likeness (QED) is 0.886. The van der Waals surface area contributed by atoms with Crippen molar-refractivity contribution in [3.8, 4) is 23.0 Å².